The Bertz CT molecular complexity index is 536. The molecule has 3 aromatic heterocycles. The maximum absolute atomic E-state index is 4.51. The molecule has 3 aromatic rings. The van der Waals surface area contributed by atoms with Crippen molar-refractivity contribution < 1.29 is 14.1 Å². The molecule has 0 atom stereocenters. The van der Waals surface area contributed by atoms with Crippen LogP contribution in [-0.4, -0.2) is 15.0 Å². The van der Waals surface area contributed by atoms with E-state index in [9.17, 15) is 0 Å². The van der Waals surface area contributed by atoms with Crippen molar-refractivity contribution in [2.75, 3.05) is 0 Å². The first kappa shape index (κ1) is 14.4. The van der Waals surface area contributed by atoms with Gasteiger partial charge < -0.3 is 0 Å². The molecule has 0 aromatic carbocycles. The molecule has 3 rings (SSSR count). The molecule has 20 heavy (non-hydrogen) atoms. The predicted octanol–water partition coefficient (Wildman–Crippen LogP) is 1.40. The van der Waals surface area contributed by atoms with Gasteiger partial charge in [-0.3, -0.25) is 0 Å². The van der Waals surface area contributed by atoms with Crippen molar-refractivity contribution in [3.63, 3.8) is 0 Å². The van der Waals surface area contributed by atoms with E-state index in [0.717, 1.165) is 13.7 Å². The molecule has 0 N–H and O–H groups in total. The third-order valence-corrected chi connectivity index (χ3v) is 5.63. The molecule has 0 saturated heterocycles. The Morgan fingerprint density at radius 1 is 0.550 bits per heavy atom. The van der Waals surface area contributed by atoms with Crippen molar-refractivity contribution in [1.29, 1.82) is 0 Å². The summed E-state index contributed by atoms with van der Waals surface area (Å²) < 4.78 is 3.25. The summed E-state index contributed by atoms with van der Waals surface area (Å²) in [6.07, 6.45) is 5.49. The van der Waals surface area contributed by atoms with Gasteiger partial charge in [-0.1, -0.05) is 7.43 Å². The van der Waals surface area contributed by atoms with Gasteiger partial charge in [0.05, 0.1) is 0 Å². The molecule has 3 nitrogen and oxygen atoms in total. The molecule has 0 radical (unpaired) electrons. The number of pyridine rings is 3. The fourth-order valence-corrected chi connectivity index (χ4v) is 4.51. The summed E-state index contributed by atoms with van der Waals surface area (Å²) in [5, 5.41) is 0. The Morgan fingerprint density at radius 2 is 0.900 bits per heavy atom. The first-order valence-corrected chi connectivity index (χ1v) is 7.84. The van der Waals surface area contributed by atoms with Gasteiger partial charge in [0, 0.05) is 0 Å². The van der Waals surface area contributed by atoms with Crippen molar-refractivity contribution in [3.8, 4) is 0 Å². The number of nitrogens with zero attached hydrogens (tertiary/aromatic N) is 3. The van der Waals surface area contributed by atoms with Crippen LogP contribution in [-0.2, 0) is 14.1 Å². The third kappa shape index (κ3) is 3.11. The fourth-order valence-electron chi connectivity index (χ4n) is 1.72. The Morgan fingerprint density at radius 3 is 1.15 bits per heavy atom. The minimum absolute atomic E-state index is 0. The van der Waals surface area contributed by atoms with Gasteiger partial charge in [0.1, 0.15) is 0 Å². The summed E-state index contributed by atoms with van der Waals surface area (Å²) in [5.41, 5.74) is 0. The Hall–Kier alpha value is -2.02. The van der Waals surface area contributed by atoms with Gasteiger partial charge in [0.25, 0.3) is 0 Å². The molecule has 0 fully saturated rings. The molecule has 0 bridgehead atoms. The first-order chi connectivity index (χ1) is 9.45. The Balaban J connectivity index is 0.00000147. The van der Waals surface area contributed by atoms with E-state index in [-0.39, 0.29) is 7.43 Å². The second-order valence-corrected chi connectivity index (χ2v) is 6.73. The molecular formula is C16H16CrN3. The van der Waals surface area contributed by atoms with E-state index >= 15 is 0 Å². The van der Waals surface area contributed by atoms with E-state index in [1.807, 2.05) is 55.0 Å². The van der Waals surface area contributed by atoms with Gasteiger partial charge in [-0.25, -0.2) is 0 Å². The summed E-state index contributed by atoms with van der Waals surface area (Å²) in [7, 11) is 0. The van der Waals surface area contributed by atoms with Crippen molar-refractivity contribution >= 4 is 13.7 Å². The monoisotopic (exact) mass is 302 g/mol. The van der Waals surface area contributed by atoms with Crippen LogP contribution < -0.4 is 13.7 Å². The second kappa shape index (κ2) is 6.95. The molecule has 0 aliphatic carbocycles. The molecular weight excluding hydrogens is 286 g/mol. The van der Waals surface area contributed by atoms with E-state index in [2.05, 4.69) is 33.2 Å². The van der Waals surface area contributed by atoms with Crippen LogP contribution in [0.3, 0.4) is 0 Å². The van der Waals surface area contributed by atoms with Crippen LogP contribution in [0.15, 0.2) is 73.2 Å². The summed E-state index contributed by atoms with van der Waals surface area (Å²) >= 11 is -1.48. The van der Waals surface area contributed by atoms with Crippen LogP contribution in [0, 0.1) is 0 Å². The summed E-state index contributed by atoms with van der Waals surface area (Å²) in [6.45, 7) is 0. The molecule has 4 heteroatoms. The summed E-state index contributed by atoms with van der Waals surface area (Å²) in [4.78, 5) is 13.5. The summed E-state index contributed by atoms with van der Waals surface area (Å²) in [6, 6.07) is 18.0. The first-order valence-electron chi connectivity index (χ1n) is 5.92. The van der Waals surface area contributed by atoms with E-state index in [1.165, 1.54) is 0 Å². The number of hydrogen-bond acceptors (Lipinski definition) is 3. The van der Waals surface area contributed by atoms with E-state index in [0.29, 0.717) is 0 Å². The van der Waals surface area contributed by atoms with Crippen LogP contribution in [0.4, 0.5) is 0 Å². The van der Waals surface area contributed by atoms with E-state index in [4.69, 9.17) is 0 Å². The van der Waals surface area contributed by atoms with Gasteiger partial charge in [-0.2, -0.15) is 0 Å². The normalized spacial score (nSPS) is 10.1. The van der Waals surface area contributed by atoms with Gasteiger partial charge in [-0.15, -0.1) is 0 Å². The SMILES string of the molecule is C.c1cc[c]([Cr]([c]2ccccn2)[c]2ccccn2)nc1. The topological polar surface area (TPSA) is 38.7 Å². The van der Waals surface area contributed by atoms with Crippen LogP contribution >= 0.6 is 0 Å². The number of rotatable bonds is 3. The van der Waals surface area contributed by atoms with Crippen LogP contribution in [0.5, 0.6) is 0 Å². The summed E-state index contributed by atoms with van der Waals surface area (Å²) in [5.74, 6) is 0. The van der Waals surface area contributed by atoms with Crippen molar-refractivity contribution in [2.45, 2.75) is 7.43 Å². The van der Waals surface area contributed by atoms with Crippen molar-refractivity contribution in [3.05, 3.63) is 73.2 Å². The van der Waals surface area contributed by atoms with Gasteiger partial charge in [-0.05, 0) is 0 Å². The van der Waals surface area contributed by atoms with Crippen molar-refractivity contribution in [2.24, 2.45) is 0 Å². The molecule has 3 heterocycles. The molecule has 0 unspecified atom stereocenters. The average molecular weight is 302 g/mol. The molecule has 101 valence electrons. The average Bonchev–Trinajstić information content (AvgIpc) is 2.51. The Labute approximate surface area is 123 Å². The van der Waals surface area contributed by atoms with Crippen LogP contribution in [0.25, 0.3) is 0 Å². The molecule has 0 amide bonds. The quantitative estimate of drug-likeness (QED) is 0.734. The second-order valence-electron chi connectivity index (χ2n) is 3.81. The van der Waals surface area contributed by atoms with Gasteiger partial charge >= 0.3 is 116 Å². The standard InChI is InChI=1S/3C5H4N.CH4.Cr/c3*1-2-4-6-5-3-1;;/h3*1-4H;1H4;. The predicted molar refractivity (Wildman–Crippen MR) is 78.3 cm³/mol. The fraction of sp³-hybridized carbons (Fsp3) is 0.0625. The molecule has 0 spiro atoms. The Kier molecular flexibility index (Phi) is 5.00. The van der Waals surface area contributed by atoms with E-state index < -0.39 is 14.1 Å². The van der Waals surface area contributed by atoms with Gasteiger partial charge in [0.15, 0.2) is 0 Å². The van der Waals surface area contributed by atoms with E-state index in [1.54, 1.807) is 0 Å². The van der Waals surface area contributed by atoms with Crippen LogP contribution in [0.1, 0.15) is 7.43 Å². The van der Waals surface area contributed by atoms with Crippen LogP contribution in [0.2, 0.25) is 0 Å². The zero-order valence-corrected chi connectivity index (χ0v) is 11.5. The maximum atomic E-state index is 4.51. The zero-order chi connectivity index (χ0) is 12.9. The van der Waals surface area contributed by atoms with Gasteiger partial charge in [0.2, 0.25) is 0 Å². The number of aromatic nitrogens is 3. The van der Waals surface area contributed by atoms with Crippen molar-refractivity contribution in [1.82, 2.24) is 15.0 Å². The molecule has 0 aliphatic heterocycles. The molecule has 0 saturated carbocycles. The third-order valence-electron chi connectivity index (χ3n) is 2.54. The minimum atomic E-state index is -1.48. The zero-order valence-electron chi connectivity index (χ0n) is 10.2. The molecule has 0 aliphatic rings. The number of hydrogen-bond donors (Lipinski definition) is 0.